The normalized spacial score (nSPS) is 12.5. The van der Waals surface area contributed by atoms with Gasteiger partial charge < -0.3 is 9.73 Å². The lowest BCUT2D eigenvalue weighted by atomic mass is 10.0. The molecule has 0 spiro atoms. The summed E-state index contributed by atoms with van der Waals surface area (Å²) in [6.07, 6.45) is 0.379. The zero-order chi connectivity index (χ0) is 11.5. The van der Waals surface area contributed by atoms with E-state index in [4.69, 9.17) is 9.68 Å². The zero-order valence-corrected chi connectivity index (χ0v) is 8.78. The maximum atomic E-state index is 11.0. The third-order valence-electron chi connectivity index (χ3n) is 2.49. The predicted molar refractivity (Wildman–Crippen MR) is 58.9 cm³/mol. The second kappa shape index (κ2) is 4.21. The van der Waals surface area contributed by atoms with Crippen molar-refractivity contribution in [3.8, 4) is 6.07 Å². The van der Waals surface area contributed by atoms with Crippen LogP contribution in [-0.4, -0.2) is 12.0 Å². The van der Waals surface area contributed by atoms with E-state index in [2.05, 4.69) is 16.4 Å². The second-order valence-electron chi connectivity index (χ2n) is 3.47. The summed E-state index contributed by atoms with van der Waals surface area (Å²) in [6.45, 7) is 0. The average molecular weight is 217 g/mol. The summed E-state index contributed by atoms with van der Waals surface area (Å²) >= 11 is 0. The fourth-order valence-corrected chi connectivity index (χ4v) is 1.66. The van der Waals surface area contributed by atoms with E-state index < -0.39 is 5.76 Å². The number of hydrogen-bond donors (Lipinski definition) is 2. The molecule has 0 aliphatic heterocycles. The number of H-pyrrole nitrogens is 1. The zero-order valence-electron chi connectivity index (χ0n) is 8.78. The number of rotatable bonds is 3. The third-order valence-corrected chi connectivity index (χ3v) is 2.49. The molecule has 2 aromatic rings. The molecule has 1 aromatic heterocycles. The lowest BCUT2D eigenvalue weighted by Crippen LogP contribution is -2.15. The molecular formula is C11H11N3O2. The van der Waals surface area contributed by atoms with Crippen molar-refractivity contribution in [1.82, 2.24) is 10.3 Å². The van der Waals surface area contributed by atoms with Crippen LogP contribution in [0.4, 0.5) is 0 Å². The van der Waals surface area contributed by atoms with Crippen molar-refractivity contribution in [2.75, 3.05) is 7.05 Å². The van der Waals surface area contributed by atoms with Crippen molar-refractivity contribution >= 4 is 11.1 Å². The van der Waals surface area contributed by atoms with Gasteiger partial charge in [-0.2, -0.15) is 5.26 Å². The Labute approximate surface area is 91.7 Å². The first kappa shape index (κ1) is 10.5. The van der Waals surface area contributed by atoms with Crippen LogP contribution in [0.5, 0.6) is 0 Å². The summed E-state index contributed by atoms with van der Waals surface area (Å²) in [4.78, 5) is 13.6. The number of hydrogen-bond acceptors (Lipinski definition) is 4. The van der Waals surface area contributed by atoms with Gasteiger partial charge in [0.05, 0.1) is 18.0 Å². The SMILES string of the molecule is CNC(CC#N)c1ccc2oc(=O)[nH]c2c1. The molecule has 1 aromatic carbocycles. The largest absolute Gasteiger partial charge is 0.417 e. The molecule has 1 heterocycles. The molecule has 0 radical (unpaired) electrons. The summed E-state index contributed by atoms with van der Waals surface area (Å²) in [5, 5.41) is 11.7. The monoisotopic (exact) mass is 217 g/mol. The van der Waals surface area contributed by atoms with Crippen molar-refractivity contribution in [1.29, 1.82) is 5.26 Å². The Balaban J connectivity index is 2.45. The Bertz CT molecular complexity index is 591. The van der Waals surface area contributed by atoms with Crippen LogP contribution in [0, 0.1) is 11.3 Å². The standard InChI is InChI=1S/C11H11N3O2/c1-13-8(4-5-12)7-2-3-10-9(6-7)14-11(15)16-10/h2-3,6,8,13H,4H2,1H3,(H,14,15). The average Bonchev–Trinajstić information content (AvgIpc) is 2.64. The smallest absolute Gasteiger partial charge is 0.408 e. The molecule has 0 saturated heterocycles. The lowest BCUT2D eigenvalue weighted by molar-refractivity contribution is 0.555. The van der Waals surface area contributed by atoms with Crippen LogP contribution < -0.4 is 11.1 Å². The van der Waals surface area contributed by atoms with Gasteiger partial charge in [-0.25, -0.2) is 4.79 Å². The maximum absolute atomic E-state index is 11.0. The van der Waals surface area contributed by atoms with Gasteiger partial charge >= 0.3 is 5.76 Å². The minimum Gasteiger partial charge on any atom is -0.408 e. The number of oxazole rings is 1. The molecule has 5 heteroatoms. The third kappa shape index (κ3) is 1.83. The van der Waals surface area contributed by atoms with Gasteiger partial charge in [-0.3, -0.25) is 4.98 Å². The quantitative estimate of drug-likeness (QED) is 0.811. The van der Waals surface area contributed by atoms with Crippen LogP contribution in [0.2, 0.25) is 0 Å². The number of nitrogens with one attached hydrogen (secondary N) is 2. The Morgan fingerprint density at radius 3 is 3.12 bits per heavy atom. The number of aromatic nitrogens is 1. The summed E-state index contributed by atoms with van der Waals surface area (Å²) in [7, 11) is 1.80. The molecule has 1 unspecified atom stereocenters. The van der Waals surface area contributed by atoms with Gasteiger partial charge in [0.2, 0.25) is 0 Å². The van der Waals surface area contributed by atoms with E-state index in [0.717, 1.165) is 5.56 Å². The van der Waals surface area contributed by atoms with Crippen LogP contribution in [0.15, 0.2) is 27.4 Å². The Hall–Kier alpha value is -2.06. The van der Waals surface area contributed by atoms with Crippen molar-refractivity contribution < 1.29 is 4.42 Å². The molecule has 1 atom stereocenters. The summed E-state index contributed by atoms with van der Waals surface area (Å²) in [6, 6.07) is 7.47. The molecule has 0 bridgehead atoms. The first-order valence-electron chi connectivity index (χ1n) is 4.91. The van der Waals surface area contributed by atoms with E-state index in [1.54, 1.807) is 13.1 Å². The van der Waals surface area contributed by atoms with E-state index in [9.17, 15) is 4.79 Å². The fourth-order valence-electron chi connectivity index (χ4n) is 1.66. The lowest BCUT2D eigenvalue weighted by Gasteiger charge is -2.12. The molecule has 2 rings (SSSR count). The number of nitriles is 1. The highest BCUT2D eigenvalue weighted by Crippen LogP contribution is 2.20. The number of nitrogens with zero attached hydrogens (tertiary/aromatic N) is 1. The molecule has 5 nitrogen and oxygen atoms in total. The fraction of sp³-hybridized carbons (Fsp3) is 0.273. The number of fused-ring (bicyclic) bond motifs is 1. The van der Waals surface area contributed by atoms with Gasteiger partial charge in [0.25, 0.3) is 0 Å². The van der Waals surface area contributed by atoms with Crippen LogP contribution >= 0.6 is 0 Å². The summed E-state index contributed by atoms with van der Waals surface area (Å²) in [5.74, 6) is -0.464. The van der Waals surface area contributed by atoms with Crippen LogP contribution in [0.1, 0.15) is 18.0 Å². The highest BCUT2D eigenvalue weighted by atomic mass is 16.4. The van der Waals surface area contributed by atoms with E-state index in [-0.39, 0.29) is 6.04 Å². The van der Waals surface area contributed by atoms with Gasteiger partial charge in [-0.15, -0.1) is 0 Å². The van der Waals surface area contributed by atoms with Crippen molar-refractivity contribution in [3.63, 3.8) is 0 Å². The van der Waals surface area contributed by atoms with Crippen LogP contribution in [0.25, 0.3) is 11.1 Å². The van der Waals surface area contributed by atoms with Gasteiger partial charge in [-0.1, -0.05) is 6.07 Å². The van der Waals surface area contributed by atoms with Gasteiger partial charge in [-0.05, 0) is 24.7 Å². The summed E-state index contributed by atoms with van der Waals surface area (Å²) < 4.78 is 4.90. The van der Waals surface area contributed by atoms with Crippen molar-refractivity contribution in [3.05, 3.63) is 34.3 Å². The highest BCUT2D eigenvalue weighted by Gasteiger charge is 2.10. The van der Waals surface area contributed by atoms with E-state index in [1.807, 2.05) is 12.1 Å². The second-order valence-corrected chi connectivity index (χ2v) is 3.47. The molecule has 0 saturated carbocycles. The van der Waals surface area contributed by atoms with E-state index in [0.29, 0.717) is 17.5 Å². The molecule has 0 aliphatic rings. The molecular weight excluding hydrogens is 206 g/mol. The summed E-state index contributed by atoms with van der Waals surface area (Å²) in [5.41, 5.74) is 2.13. The molecule has 2 N–H and O–H groups in total. The van der Waals surface area contributed by atoms with Gasteiger partial charge in [0.15, 0.2) is 5.58 Å². The molecule has 0 fully saturated rings. The Morgan fingerprint density at radius 2 is 2.44 bits per heavy atom. The molecule has 0 amide bonds. The number of aromatic amines is 1. The Kier molecular flexibility index (Phi) is 2.75. The minimum absolute atomic E-state index is 0.0344. The van der Waals surface area contributed by atoms with Gasteiger partial charge in [0, 0.05) is 6.04 Å². The van der Waals surface area contributed by atoms with Crippen molar-refractivity contribution in [2.45, 2.75) is 12.5 Å². The highest BCUT2D eigenvalue weighted by molar-refractivity contribution is 5.72. The van der Waals surface area contributed by atoms with Crippen LogP contribution in [0.3, 0.4) is 0 Å². The molecule has 82 valence electrons. The maximum Gasteiger partial charge on any atom is 0.417 e. The molecule has 0 aliphatic carbocycles. The topological polar surface area (TPSA) is 81.8 Å². The minimum atomic E-state index is -0.464. The van der Waals surface area contributed by atoms with E-state index in [1.165, 1.54) is 0 Å². The predicted octanol–water partition coefficient (Wildman–Crippen LogP) is 1.30. The first-order valence-corrected chi connectivity index (χ1v) is 4.91. The first-order chi connectivity index (χ1) is 7.74. The Morgan fingerprint density at radius 1 is 1.62 bits per heavy atom. The van der Waals surface area contributed by atoms with Crippen molar-refractivity contribution in [2.24, 2.45) is 0 Å². The van der Waals surface area contributed by atoms with Crippen LogP contribution in [-0.2, 0) is 0 Å². The molecule has 16 heavy (non-hydrogen) atoms. The number of benzene rings is 1. The van der Waals surface area contributed by atoms with Gasteiger partial charge in [0.1, 0.15) is 0 Å². The van der Waals surface area contributed by atoms with E-state index >= 15 is 0 Å².